The highest BCUT2D eigenvalue weighted by Crippen LogP contribution is 2.13. The average molecular weight is 228 g/mol. The van der Waals surface area contributed by atoms with Crippen LogP contribution in [0.15, 0.2) is 0 Å². The standard InChI is InChI=1S/C12H24N2O2/c1-4-16-12(15)8-10(2)14(3)11-6-5-7-13-9-11/h10-11,13H,4-9H2,1-3H3. The molecule has 0 aliphatic carbocycles. The summed E-state index contributed by atoms with van der Waals surface area (Å²) < 4.78 is 4.97. The summed E-state index contributed by atoms with van der Waals surface area (Å²) in [5.74, 6) is -0.0920. The molecule has 1 N–H and O–H groups in total. The van der Waals surface area contributed by atoms with Crippen LogP contribution in [-0.2, 0) is 9.53 Å². The molecule has 1 rings (SSSR count). The molecule has 1 heterocycles. The molecule has 1 aliphatic heterocycles. The zero-order valence-corrected chi connectivity index (χ0v) is 10.7. The summed E-state index contributed by atoms with van der Waals surface area (Å²) in [4.78, 5) is 13.7. The van der Waals surface area contributed by atoms with Crippen LogP contribution in [0.2, 0.25) is 0 Å². The molecule has 0 aromatic rings. The Kier molecular flexibility index (Phi) is 5.77. The van der Waals surface area contributed by atoms with Crippen molar-refractivity contribution in [2.24, 2.45) is 0 Å². The van der Waals surface area contributed by atoms with Gasteiger partial charge >= 0.3 is 5.97 Å². The molecular weight excluding hydrogens is 204 g/mol. The predicted molar refractivity (Wildman–Crippen MR) is 64.4 cm³/mol. The Hall–Kier alpha value is -0.610. The second kappa shape index (κ2) is 6.86. The maximum absolute atomic E-state index is 11.4. The topological polar surface area (TPSA) is 41.6 Å². The van der Waals surface area contributed by atoms with E-state index in [9.17, 15) is 4.79 Å². The molecule has 0 bridgehead atoms. The van der Waals surface area contributed by atoms with Crippen molar-refractivity contribution in [1.29, 1.82) is 0 Å². The van der Waals surface area contributed by atoms with Crippen LogP contribution in [0.4, 0.5) is 0 Å². The van der Waals surface area contributed by atoms with Crippen LogP contribution >= 0.6 is 0 Å². The van der Waals surface area contributed by atoms with Gasteiger partial charge in [-0.3, -0.25) is 9.69 Å². The van der Waals surface area contributed by atoms with E-state index in [0.717, 1.165) is 13.1 Å². The Morgan fingerprint density at radius 2 is 2.38 bits per heavy atom. The molecule has 0 saturated carbocycles. The Morgan fingerprint density at radius 3 is 2.94 bits per heavy atom. The second-order valence-electron chi connectivity index (χ2n) is 4.52. The van der Waals surface area contributed by atoms with Crippen molar-refractivity contribution in [1.82, 2.24) is 10.2 Å². The van der Waals surface area contributed by atoms with Gasteiger partial charge in [-0.05, 0) is 40.3 Å². The van der Waals surface area contributed by atoms with Crippen molar-refractivity contribution in [3.8, 4) is 0 Å². The third-order valence-electron chi connectivity index (χ3n) is 3.31. The highest BCUT2D eigenvalue weighted by atomic mass is 16.5. The average Bonchev–Trinajstić information content (AvgIpc) is 2.29. The van der Waals surface area contributed by atoms with Crippen LogP contribution in [0.1, 0.15) is 33.1 Å². The first-order chi connectivity index (χ1) is 7.65. The van der Waals surface area contributed by atoms with E-state index in [1.807, 2.05) is 6.92 Å². The van der Waals surface area contributed by atoms with Gasteiger partial charge in [-0.2, -0.15) is 0 Å². The molecule has 2 unspecified atom stereocenters. The van der Waals surface area contributed by atoms with Crippen LogP contribution in [-0.4, -0.2) is 49.7 Å². The molecule has 1 aliphatic rings. The Balaban J connectivity index is 2.33. The molecule has 1 saturated heterocycles. The van der Waals surface area contributed by atoms with E-state index >= 15 is 0 Å². The number of rotatable bonds is 5. The summed E-state index contributed by atoms with van der Waals surface area (Å²) in [6, 6.07) is 0.808. The lowest BCUT2D eigenvalue weighted by molar-refractivity contribution is -0.144. The fraction of sp³-hybridized carbons (Fsp3) is 0.917. The van der Waals surface area contributed by atoms with E-state index < -0.39 is 0 Å². The van der Waals surface area contributed by atoms with Gasteiger partial charge < -0.3 is 10.1 Å². The zero-order chi connectivity index (χ0) is 12.0. The number of nitrogens with one attached hydrogen (secondary N) is 1. The third-order valence-corrected chi connectivity index (χ3v) is 3.31. The molecule has 94 valence electrons. The SMILES string of the molecule is CCOC(=O)CC(C)N(C)C1CCCNC1. The number of ether oxygens (including phenoxy) is 1. The molecular formula is C12H24N2O2. The number of hydrogen-bond acceptors (Lipinski definition) is 4. The number of piperidine rings is 1. The van der Waals surface area contributed by atoms with E-state index in [1.54, 1.807) is 0 Å². The van der Waals surface area contributed by atoms with Crippen LogP contribution in [0.3, 0.4) is 0 Å². The largest absolute Gasteiger partial charge is 0.466 e. The fourth-order valence-electron chi connectivity index (χ4n) is 2.15. The van der Waals surface area contributed by atoms with Gasteiger partial charge in [0.05, 0.1) is 13.0 Å². The van der Waals surface area contributed by atoms with Gasteiger partial charge in [0, 0.05) is 18.6 Å². The Labute approximate surface area is 98.3 Å². The third kappa shape index (κ3) is 4.10. The van der Waals surface area contributed by atoms with Crippen molar-refractivity contribution < 1.29 is 9.53 Å². The van der Waals surface area contributed by atoms with Crippen molar-refractivity contribution >= 4 is 5.97 Å². The van der Waals surface area contributed by atoms with E-state index in [4.69, 9.17) is 4.74 Å². The van der Waals surface area contributed by atoms with Crippen LogP contribution < -0.4 is 5.32 Å². The lowest BCUT2D eigenvalue weighted by Gasteiger charge is -2.35. The van der Waals surface area contributed by atoms with Gasteiger partial charge in [0.25, 0.3) is 0 Å². The van der Waals surface area contributed by atoms with Crippen molar-refractivity contribution in [3.05, 3.63) is 0 Å². The maximum Gasteiger partial charge on any atom is 0.307 e. The van der Waals surface area contributed by atoms with Gasteiger partial charge in [-0.15, -0.1) is 0 Å². The van der Waals surface area contributed by atoms with Crippen molar-refractivity contribution in [3.63, 3.8) is 0 Å². The number of esters is 1. The smallest absolute Gasteiger partial charge is 0.307 e. The Morgan fingerprint density at radius 1 is 1.62 bits per heavy atom. The number of hydrogen-bond donors (Lipinski definition) is 1. The summed E-state index contributed by atoms with van der Waals surface area (Å²) in [5.41, 5.74) is 0. The van der Waals surface area contributed by atoms with Gasteiger partial charge in [0.2, 0.25) is 0 Å². The molecule has 4 nitrogen and oxygen atoms in total. The molecule has 4 heteroatoms. The first-order valence-corrected chi connectivity index (χ1v) is 6.23. The zero-order valence-electron chi connectivity index (χ0n) is 10.7. The molecule has 0 radical (unpaired) electrons. The van der Waals surface area contributed by atoms with E-state index in [0.29, 0.717) is 19.1 Å². The summed E-state index contributed by atoms with van der Waals surface area (Å²) in [6.07, 6.45) is 2.93. The molecule has 1 fully saturated rings. The highest BCUT2D eigenvalue weighted by molar-refractivity contribution is 5.70. The normalized spacial score (nSPS) is 23.1. The van der Waals surface area contributed by atoms with Crippen LogP contribution in [0, 0.1) is 0 Å². The van der Waals surface area contributed by atoms with Crippen molar-refractivity contribution in [2.45, 2.75) is 45.2 Å². The van der Waals surface area contributed by atoms with E-state index in [1.165, 1.54) is 12.8 Å². The number of carbonyl (C=O) groups is 1. The monoisotopic (exact) mass is 228 g/mol. The molecule has 2 atom stereocenters. The molecule has 16 heavy (non-hydrogen) atoms. The minimum atomic E-state index is -0.0920. The number of likely N-dealkylation sites (N-methyl/N-ethyl adjacent to an activating group) is 1. The van der Waals surface area contributed by atoms with Crippen LogP contribution in [0.5, 0.6) is 0 Å². The number of nitrogens with zero attached hydrogens (tertiary/aromatic N) is 1. The van der Waals surface area contributed by atoms with E-state index in [2.05, 4.69) is 24.2 Å². The van der Waals surface area contributed by atoms with E-state index in [-0.39, 0.29) is 12.0 Å². The molecule has 0 spiro atoms. The van der Waals surface area contributed by atoms with Gasteiger partial charge in [0.1, 0.15) is 0 Å². The van der Waals surface area contributed by atoms with Gasteiger partial charge in [-0.1, -0.05) is 0 Å². The summed E-state index contributed by atoms with van der Waals surface area (Å²) in [5, 5.41) is 3.39. The first kappa shape index (κ1) is 13.5. The lowest BCUT2D eigenvalue weighted by Crippen LogP contribution is -2.48. The lowest BCUT2D eigenvalue weighted by atomic mass is 10.0. The van der Waals surface area contributed by atoms with Gasteiger partial charge in [-0.25, -0.2) is 0 Å². The fourth-order valence-corrected chi connectivity index (χ4v) is 2.15. The van der Waals surface area contributed by atoms with Crippen molar-refractivity contribution in [2.75, 3.05) is 26.7 Å². The molecule has 0 aromatic heterocycles. The predicted octanol–water partition coefficient (Wildman–Crippen LogP) is 1.01. The quantitative estimate of drug-likeness (QED) is 0.713. The summed E-state index contributed by atoms with van der Waals surface area (Å²) in [6.45, 7) is 6.56. The molecule has 0 amide bonds. The van der Waals surface area contributed by atoms with Crippen LogP contribution in [0.25, 0.3) is 0 Å². The molecule has 0 aromatic carbocycles. The minimum absolute atomic E-state index is 0.0920. The number of carbonyl (C=O) groups excluding carboxylic acids is 1. The minimum Gasteiger partial charge on any atom is -0.466 e. The first-order valence-electron chi connectivity index (χ1n) is 6.23. The Bertz CT molecular complexity index is 215. The summed E-state index contributed by atoms with van der Waals surface area (Å²) >= 11 is 0. The highest BCUT2D eigenvalue weighted by Gasteiger charge is 2.23. The van der Waals surface area contributed by atoms with Gasteiger partial charge in [0.15, 0.2) is 0 Å². The summed E-state index contributed by atoms with van der Waals surface area (Å²) in [7, 11) is 2.10. The maximum atomic E-state index is 11.4. The second-order valence-corrected chi connectivity index (χ2v) is 4.52.